The normalized spacial score (nSPS) is 12.2. The van der Waals surface area contributed by atoms with E-state index in [-0.39, 0.29) is 11.9 Å². The van der Waals surface area contributed by atoms with Gasteiger partial charge in [0.25, 0.3) is 5.91 Å². The number of benzene rings is 1. The van der Waals surface area contributed by atoms with Crippen molar-refractivity contribution in [2.75, 3.05) is 0 Å². The first kappa shape index (κ1) is 16.4. The van der Waals surface area contributed by atoms with E-state index in [1.165, 1.54) is 0 Å². The fourth-order valence-electron chi connectivity index (χ4n) is 2.68. The molecular weight excluding hydrogens is 320 g/mol. The number of nitrogens with zero attached hydrogens (tertiary/aromatic N) is 3. The lowest BCUT2D eigenvalue weighted by molar-refractivity contribution is 0.0940. The van der Waals surface area contributed by atoms with Crippen LogP contribution in [-0.2, 0) is 7.05 Å². The van der Waals surface area contributed by atoms with Crippen molar-refractivity contribution >= 4 is 17.2 Å². The van der Waals surface area contributed by atoms with Gasteiger partial charge in [0.2, 0.25) is 0 Å². The Bertz CT molecular complexity index is 881. The number of carbonyl (C=O) groups is 1. The lowest BCUT2D eigenvalue weighted by Gasteiger charge is -2.13. The largest absolute Gasteiger partial charge is 0.345 e. The second-order valence-electron chi connectivity index (χ2n) is 5.91. The fourth-order valence-corrected chi connectivity index (χ4v) is 3.48. The summed E-state index contributed by atoms with van der Waals surface area (Å²) in [6, 6.07) is 7.47. The molecule has 5 nitrogen and oxygen atoms in total. The first-order chi connectivity index (χ1) is 11.4. The molecule has 24 heavy (non-hydrogen) atoms. The molecule has 6 heteroatoms. The van der Waals surface area contributed by atoms with E-state index in [1.54, 1.807) is 16.0 Å². The molecule has 1 unspecified atom stereocenters. The minimum atomic E-state index is -0.100. The van der Waals surface area contributed by atoms with E-state index < -0.39 is 0 Å². The number of carbonyl (C=O) groups excluding carboxylic acids is 1. The average Bonchev–Trinajstić information content (AvgIpc) is 3.12. The quantitative estimate of drug-likeness (QED) is 0.788. The van der Waals surface area contributed by atoms with Gasteiger partial charge in [0, 0.05) is 41.0 Å². The second kappa shape index (κ2) is 6.57. The summed E-state index contributed by atoms with van der Waals surface area (Å²) in [5, 5.41) is 10.3. The van der Waals surface area contributed by atoms with Crippen LogP contribution in [-0.4, -0.2) is 20.7 Å². The molecule has 0 saturated heterocycles. The minimum Gasteiger partial charge on any atom is -0.345 e. The Hall–Kier alpha value is -2.47. The van der Waals surface area contributed by atoms with Crippen molar-refractivity contribution in [2.24, 2.45) is 7.05 Å². The fraction of sp³-hybridized carbons (Fsp3) is 0.278. The maximum absolute atomic E-state index is 12.6. The van der Waals surface area contributed by atoms with Crippen LogP contribution in [0.3, 0.4) is 0 Å². The van der Waals surface area contributed by atoms with Crippen LogP contribution < -0.4 is 5.32 Å². The van der Waals surface area contributed by atoms with Crippen LogP contribution in [0.5, 0.6) is 0 Å². The lowest BCUT2D eigenvalue weighted by atomic mass is 10.1. The Balaban J connectivity index is 1.79. The number of hydrogen-bond acceptors (Lipinski definition) is 4. The Kier molecular flexibility index (Phi) is 4.49. The van der Waals surface area contributed by atoms with Crippen molar-refractivity contribution in [1.29, 1.82) is 0 Å². The zero-order valence-electron chi connectivity index (χ0n) is 14.2. The molecule has 3 aromatic rings. The molecule has 1 amide bonds. The van der Waals surface area contributed by atoms with E-state index in [1.807, 2.05) is 63.7 Å². The number of aromatic nitrogens is 3. The SMILES string of the molecule is Cc1csc(-c2cccc(C(=O)NC(C)c3cn(C)nc3C)c2)n1. The molecule has 1 aromatic carbocycles. The van der Waals surface area contributed by atoms with E-state index in [2.05, 4.69) is 15.4 Å². The van der Waals surface area contributed by atoms with Gasteiger partial charge in [-0.25, -0.2) is 4.98 Å². The van der Waals surface area contributed by atoms with Crippen LogP contribution in [0.4, 0.5) is 0 Å². The van der Waals surface area contributed by atoms with E-state index in [9.17, 15) is 4.79 Å². The van der Waals surface area contributed by atoms with Gasteiger partial charge in [-0.15, -0.1) is 11.3 Å². The van der Waals surface area contributed by atoms with Gasteiger partial charge in [-0.1, -0.05) is 12.1 Å². The zero-order chi connectivity index (χ0) is 17.3. The van der Waals surface area contributed by atoms with E-state index in [0.29, 0.717) is 5.56 Å². The summed E-state index contributed by atoms with van der Waals surface area (Å²) >= 11 is 1.58. The summed E-state index contributed by atoms with van der Waals surface area (Å²) in [5.74, 6) is -0.0964. The molecular formula is C18H20N4OS. The number of nitrogens with one attached hydrogen (secondary N) is 1. The lowest BCUT2D eigenvalue weighted by Crippen LogP contribution is -2.26. The van der Waals surface area contributed by atoms with Gasteiger partial charge in [0.05, 0.1) is 11.7 Å². The monoisotopic (exact) mass is 340 g/mol. The van der Waals surface area contributed by atoms with E-state index >= 15 is 0 Å². The van der Waals surface area contributed by atoms with Crippen LogP contribution in [0.2, 0.25) is 0 Å². The molecule has 0 aliphatic rings. The highest BCUT2D eigenvalue weighted by molar-refractivity contribution is 7.13. The van der Waals surface area contributed by atoms with Crippen LogP contribution in [0.15, 0.2) is 35.8 Å². The van der Waals surface area contributed by atoms with Crippen LogP contribution >= 0.6 is 11.3 Å². The van der Waals surface area contributed by atoms with Crippen LogP contribution in [0.1, 0.15) is 40.3 Å². The summed E-state index contributed by atoms with van der Waals surface area (Å²) in [5.41, 5.74) is 4.54. The maximum atomic E-state index is 12.6. The van der Waals surface area contributed by atoms with Crippen molar-refractivity contribution in [1.82, 2.24) is 20.1 Å². The maximum Gasteiger partial charge on any atom is 0.251 e. The zero-order valence-corrected chi connectivity index (χ0v) is 15.0. The smallest absolute Gasteiger partial charge is 0.251 e. The summed E-state index contributed by atoms with van der Waals surface area (Å²) in [4.78, 5) is 17.1. The Morgan fingerprint density at radius 3 is 2.75 bits per heavy atom. The number of rotatable bonds is 4. The molecule has 0 radical (unpaired) electrons. The number of aryl methyl sites for hydroxylation is 3. The summed E-state index contributed by atoms with van der Waals surface area (Å²) < 4.78 is 1.76. The molecule has 0 fully saturated rings. The molecule has 0 saturated carbocycles. The number of amides is 1. The summed E-state index contributed by atoms with van der Waals surface area (Å²) in [6.07, 6.45) is 1.94. The van der Waals surface area contributed by atoms with Gasteiger partial charge in [0.15, 0.2) is 0 Å². The van der Waals surface area contributed by atoms with E-state index in [0.717, 1.165) is 27.5 Å². The molecule has 0 bridgehead atoms. The predicted molar refractivity (Wildman–Crippen MR) is 96.1 cm³/mol. The van der Waals surface area contributed by atoms with Gasteiger partial charge >= 0.3 is 0 Å². The Morgan fingerprint density at radius 1 is 1.33 bits per heavy atom. The predicted octanol–water partition coefficient (Wildman–Crippen LogP) is 3.65. The van der Waals surface area contributed by atoms with Crippen molar-refractivity contribution in [3.63, 3.8) is 0 Å². The van der Waals surface area contributed by atoms with Gasteiger partial charge in [-0.3, -0.25) is 9.48 Å². The molecule has 3 rings (SSSR count). The summed E-state index contributed by atoms with van der Waals surface area (Å²) in [7, 11) is 1.88. The second-order valence-corrected chi connectivity index (χ2v) is 6.77. The topological polar surface area (TPSA) is 59.8 Å². The molecule has 0 spiro atoms. The third kappa shape index (κ3) is 3.38. The first-order valence-corrected chi connectivity index (χ1v) is 8.65. The minimum absolute atomic E-state index is 0.0964. The molecule has 1 N–H and O–H groups in total. The average molecular weight is 340 g/mol. The first-order valence-electron chi connectivity index (χ1n) is 7.77. The van der Waals surface area contributed by atoms with Crippen molar-refractivity contribution < 1.29 is 4.79 Å². The molecule has 0 aliphatic carbocycles. The highest BCUT2D eigenvalue weighted by atomic mass is 32.1. The molecule has 0 aliphatic heterocycles. The number of thiazole rings is 1. The van der Waals surface area contributed by atoms with Crippen molar-refractivity contribution in [3.05, 3.63) is 58.4 Å². The van der Waals surface area contributed by atoms with Gasteiger partial charge in [-0.2, -0.15) is 5.10 Å². The Morgan fingerprint density at radius 2 is 2.12 bits per heavy atom. The van der Waals surface area contributed by atoms with Crippen molar-refractivity contribution in [3.8, 4) is 10.6 Å². The standard InChI is InChI=1S/C18H20N4OS/c1-11-10-24-18(19-11)15-7-5-6-14(8-15)17(23)20-12(2)16-9-22(4)21-13(16)3/h5-10,12H,1-4H3,(H,20,23). The third-order valence-electron chi connectivity index (χ3n) is 3.86. The van der Waals surface area contributed by atoms with Gasteiger partial charge < -0.3 is 5.32 Å². The van der Waals surface area contributed by atoms with E-state index in [4.69, 9.17) is 0 Å². The van der Waals surface area contributed by atoms with Crippen LogP contribution in [0, 0.1) is 13.8 Å². The highest BCUT2D eigenvalue weighted by Crippen LogP contribution is 2.24. The Labute approximate surface area is 145 Å². The molecule has 124 valence electrons. The van der Waals surface area contributed by atoms with Gasteiger partial charge in [-0.05, 0) is 32.9 Å². The molecule has 2 heterocycles. The third-order valence-corrected chi connectivity index (χ3v) is 4.87. The number of hydrogen-bond donors (Lipinski definition) is 1. The summed E-state index contributed by atoms with van der Waals surface area (Å²) in [6.45, 7) is 5.88. The molecule has 2 aromatic heterocycles. The van der Waals surface area contributed by atoms with Crippen LogP contribution in [0.25, 0.3) is 10.6 Å². The molecule has 1 atom stereocenters. The highest BCUT2D eigenvalue weighted by Gasteiger charge is 2.16. The van der Waals surface area contributed by atoms with Gasteiger partial charge in [0.1, 0.15) is 5.01 Å². The van der Waals surface area contributed by atoms with Crippen molar-refractivity contribution in [2.45, 2.75) is 26.8 Å².